The first-order valence-corrected chi connectivity index (χ1v) is 3.87. The van der Waals surface area contributed by atoms with Crippen molar-refractivity contribution in [3.63, 3.8) is 0 Å². The molecule has 0 aliphatic heterocycles. The Labute approximate surface area is 77.1 Å². The number of nitrogens with two attached hydrogens (primary N) is 1. The van der Waals surface area contributed by atoms with Crippen LogP contribution in [-0.2, 0) is 0 Å². The topological polar surface area (TPSA) is 55.5 Å². The Morgan fingerprint density at radius 1 is 1.67 bits per heavy atom. The average molecular weight is 236 g/mol. The third kappa shape index (κ3) is 1.32. The van der Waals surface area contributed by atoms with Crippen molar-refractivity contribution in [2.45, 2.75) is 0 Å². The van der Waals surface area contributed by atoms with E-state index < -0.39 is 5.82 Å². The van der Waals surface area contributed by atoms with Crippen LogP contribution in [0.5, 0.6) is 11.5 Å². The van der Waals surface area contributed by atoms with Crippen molar-refractivity contribution in [1.29, 1.82) is 0 Å². The largest absolute Gasteiger partial charge is 0.503 e. The standard InChI is InChI=1S/C7H7BrFNO2/c1-12-4-2-3(9)5(8)6(10)7(4)11/h2,11H,10H2,1H3. The Morgan fingerprint density at radius 2 is 2.25 bits per heavy atom. The lowest BCUT2D eigenvalue weighted by Crippen LogP contribution is -1.94. The molecule has 3 nitrogen and oxygen atoms in total. The van der Waals surface area contributed by atoms with Crippen molar-refractivity contribution >= 4 is 21.6 Å². The molecule has 0 aromatic heterocycles. The van der Waals surface area contributed by atoms with Gasteiger partial charge in [0.25, 0.3) is 0 Å². The Bertz CT molecular complexity index is 317. The molecule has 0 spiro atoms. The first-order chi connectivity index (χ1) is 5.57. The molecule has 0 saturated heterocycles. The maximum Gasteiger partial charge on any atom is 0.182 e. The highest BCUT2D eigenvalue weighted by Crippen LogP contribution is 2.38. The molecule has 66 valence electrons. The Morgan fingerprint density at radius 3 is 2.75 bits per heavy atom. The van der Waals surface area contributed by atoms with E-state index in [0.29, 0.717) is 0 Å². The molecule has 0 saturated carbocycles. The third-order valence-electron chi connectivity index (χ3n) is 1.41. The second-order valence-corrected chi connectivity index (χ2v) is 2.93. The highest BCUT2D eigenvalue weighted by molar-refractivity contribution is 9.10. The maximum atomic E-state index is 12.9. The number of halogens is 2. The molecule has 0 aliphatic carbocycles. The van der Waals surface area contributed by atoms with Crippen LogP contribution in [0.1, 0.15) is 0 Å². The van der Waals surface area contributed by atoms with E-state index in [2.05, 4.69) is 20.7 Å². The van der Waals surface area contributed by atoms with Gasteiger partial charge >= 0.3 is 0 Å². The third-order valence-corrected chi connectivity index (χ3v) is 2.22. The summed E-state index contributed by atoms with van der Waals surface area (Å²) in [5.74, 6) is -0.805. The minimum atomic E-state index is -0.567. The number of ether oxygens (including phenoxy) is 1. The Kier molecular flexibility index (Phi) is 2.42. The van der Waals surface area contributed by atoms with Gasteiger partial charge in [0.05, 0.1) is 17.3 Å². The number of hydrogen-bond acceptors (Lipinski definition) is 3. The van der Waals surface area contributed by atoms with Gasteiger partial charge in [0.15, 0.2) is 11.5 Å². The minimum Gasteiger partial charge on any atom is -0.503 e. The number of hydrogen-bond donors (Lipinski definition) is 2. The molecule has 0 unspecified atom stereocenters. The first-order valence-electron chi connectivity index (χ1n) is 3.08. The number of aromatic hydroxyl groups is 1. The summed E-state index contributed by atoms with van der Waals surface area (Å²) in [6.45, 7) is 0. The van der Waals surface area contributed by atoms with Crippen molar-refractivity contribution in [2.24, 2.45) is 0 Å². The predicted molar refractivity (Wildman–Crippen MR) is 46.7 cm³/mol. The van der Waals surface area contributed by atoms with Gasteiger partial charge in [0, 0.05) is 6.07 Å². The van der Waals surface area contributed by atoms with Crippen LogP contribution in [-0.4, -0.2) is 12.2 Å². The van der Waals surface area contributed by atoms with Crippen molar-refractivity contribution in [3.8, 4) is 11.5 Å². The fourth-order valence-corrected chi connectivity index (χ4v) is 1.07. The van der Waals surface area contributed by atoms with Crippen LogP contribution in [0.3, 0.4) is 0 Å². The van der Waals surface area contributed by atoms with Gasteiger partial charge < -0.3 is 15.6 Å². The van der Waals surface area contributed by atoms with Crippen LogP contribution in [0.2, 0.25) is 0 Å². The molecule has 0 amide bonds. The quantitative estimate of drug-likeness (QED) is 0.578. The highest BCUT2D eigenvalue weighted by Gasteiger charge is 2.13. The predicted octanol–water partition coefficient (Wildman–Crippen LogP) is 1.88. The summed E-state index contributed by atoms with van der Waals surface area (Å²) in [6, 6.07) is 1.05. The number of rotatable bonds is 1. The molecule has 5 heteroatoms. The number of nitrogen functional groups attached to an aromatic ring is 1. The fourth-order valence-electron chi connectivity index (χ4n) is 0.768. The maximum absolute atomic E-state index is 12.9. The van der Waals surface area contributed by atoms with Crippen LogP contribution in [0.25, 0.3) is 0 Å². The normalized spacial score (nSPS) is 9.92. The average Bonchev–Trinajstić information content (AvgIpc) is 2.08. The van der Waals surface area contributed by atoms with E-state index in [-0.39, 0.29) is 21.7 Å². The number of phenolic OH excluding ortho intramolecular Hbond substituents is 1. The molecule has 0 heterocycles. The zero-order valence-corrected chi connectivity index (χ0v) is 7.85. The van der Waals surface area contributed by atoms with Gasteiger partial charge in [-0.15, -0.1) is 0 Å². The lowest BCUT2D eigenvalue weighted by atomic mass is 10.2. The summed E-state index contributed by atoms with van der Waals surface area (Å²) < 4.78 is 17.6. The van der Waals surface area contributed by atoms with Gasteiger partial charge in [0.2, 0.25) is 0 Å². The fraction of sp³-hybridized carbons (Fsp3) is 0.143. The number of benzene rings is 1. The van der Waals surface area contributed by atoms with E-state index in [1.807, 2.05) is 0 Å². The van der Waals surface area contributed by atoms with E-state index in [0.717, 1.165) is 6.07 Å². The summed E-state index contributed by atoms with van der Waals surface area (Å²) in [6.07, 6.45) is 0. The monoisotopic (exact) mass is 235 g/mol. The van der Waals surface area contributed by atoms with Crippen molar-refractivity contribution in [1.82, 2.24) is 0 Å². The van der Waals surface area contributed by atoms with E-state index in [1.165, 1.54) is 7.11 Å². The van der Waals surface area contributed by atoms with Gasteiger partial charge in [-0.3, -0.25) is 0 Å². The van der Waals surface area contributed by atoms with Crippen molar-refractivity contribution in [2.75, 3.05) is 12.8 Å². The molecule has 1 aromatic carbocycles. The van der Waals surface area contributed by atoms with Gasteiger partial charge in [-0.2, -0.15) is 0 Å². The molecule has 1 aromatic rings. The molecule has 3 N–H and O–H groups in total. The van der Waals surface area contributed by atoms with Crippen LogP contribution in [0, 0.1) is 5.82 Å². The van der Waals surface area contributed by atoms with Gasteiger partial charge in [0.1, 0.15) is 5.82 Å². The molecular formula is C7H7BrFNO2. The summed E-state index contributed by atoms with van der Waals surface area (Å²) in [5.41, 5.74) is 5.28. The van der Waals surface area contributed by atoms with E-state index >= 15 is 0 Å². The summed E-state index contributed by atoms with van der Waals surface area (Å²) in [4.78, 5) is 0. The second kappa shape index (κ2) is 3.18. The number of methoxy groups -OCH3 is 1. The highest BCUT2D eigenvalue weighted by atomic mass is 79.9. The van der Waals surface area contributed by atoms with E-state index in [1.54, 1.807) is 0 Å². The van der Waals surface area contributed by atoms with Crippen molar-refractivity contribution in [3.05, 3.63) is 16.4 Å². The molecule has 12 heavy (non-hydrogen) atoms. The summed E-state index contributed by atoms with van der Waals surface area (Å²) in [5, 5.41) is 9.26. The summed E-state index contributed by atoms with van der Waals surface area (Å²) in [7, 11) is 1.32. The van der Waals surface area contributed by atoms with Gasteiger partial charge in [-0.1, -0.05) is 0 Å². The molecule has 0 bridgehead atoms. The smallest absolute Gasteiger partial charge is 0.182 e. The molecule has 1 rings (SSSR count). The SMILES string of the molecule is COc1cc(F)c(Br)c(N)c1O. The molecule has 0 radical (unpaired) electrons. The van der Waals surface area contributed by atoms with Crippen LogP contribution < -0.4 is 10.5 Å². The minimum absolute atomic E-state index is 0.0215. The lowest BCUT2D eigenvalue weighted by molar-refractivity contribution is 0.371. The molecular weight excluding hydrogens is 229 g/mol. The van der Waals surface area contributed by atoms with E-state index in [9.17, 15) is 9.50 Å². The lowest BCUT2D eigenvalue weighted by Gasteiger charge is -2.07. The molecule has 0 atom stereocenters. The zero-order chi connectivity index (χ0) is 9.30. The molecule has 0 aliphatic rings. The van der Waals surface area contributed by atoms with Crippen LogP contribution >= 0.6 is 15.9 Å². The Balaban J connectivity index is 3.39. The molecule has 0 fully saturated rings. The van der Waals surface area contributed by atoms with Gasteiger partial charge in [-0.05, 0) is 15.9 Å². The Hall–Kier alpha value is -0.970. The van der Waals surface area contributed by atoms with Gasteiger partial charge in [-0.25, -0.2) is 4.39 Å². The van der Waals surface area contributed by atoms with Crippen molar-refractivity contribution < 1.29 is 14.2 Å². The summed E-state index contributed by atoms with van der Waals surface area (Å²) >= 11 is 2.88. The number of anilines is 1. The zero-order valence-electron chi connectivity index (χ0n) is 6.27. The van der Waals surface area contributed by atoms with Crippen LogP contribution in [0.15, 0.2) is 10.5 Å². The van der Waals surface area contributed by atoms with Crippen LogP contribution in [0.4, 0.5) is 10.1 Å². The van der Waals surface area contributed by atoms with E-state index in [4.69, 9.17) is 5.73 Å². The second-order valence-electron chi connectivity index (χ2n) is 2.14. The first kappa shape index (κ1) is 9.12. The number of phenols is 1.